The van der Waals surface area contributed by atoms with Crippen molar-refractivity contribution in [2.75, 3.05) is 6.54 Å². The molecule has 2 unspecified atom stereocenters. The van der Waals surface area contributed by atoms with Crippen molar-refractivity contribution in [1.29, 1.82) is 0 Å². The van der Waals surface area contributed by atoms with E-state index >= 15 is 0 Å². The topological polar surface area (TPSA) is 15.3 Å². The van der Waals surface area contributed by atoms with Crippen molar-refractivity contribution >= 4 is 0 Å². The number of fused-ring (bicyclic) bond motifs is 2. The van der Waals surface area contributed by atoms with E-state index in [1.165, 1.54) is 18.9 Å². The molecule has 0 saturated carbocycles. The summed E-state index contributed by atoms with van der Waals surface area (Å²) in [5.74, 6) is -0.936. The van der Waals surface area contributed by atoms with E-state index in [9.17, 15) is 8.78 Å². The van der Waals surface area contributed by atoms with Crippen LogP contribution in [0.2, 0.25) is 0 Å². The Morgan fingerprint density at radius 2 is 1.90 bits per heavy atom. The number of hydrogen-bond acceptors (Lipinski definition) is 2. The number of hydrogen-bond donors (Lipinski definition) is 1. The Hall–Kier alpha value is -1.00. The fourth-order valence-corrected chi connectivity index (χ4v) is 3.69. The molecule has 2 fully saturated rings. The van der Waals surface area contributed by atoms with Gasteiger partial charge in [0.25, 0.3) is 0 Å². The molecule has 4 heteroatoms. The van der Waals surface area contributed by atoms with E-state index in [0.717, 1.165) is 25.5 Å². The fraction of sp³-hybridized carbons (Fsp3) is 0.625. The van der Waals surface area contributed by atoms with Crippen LogP contribution in [0, 0.1) is 11.6 Å². The Morgan fingerprint density at radius 1 is 1.20 bits per heavy atom. The highest BCUT2D eigenvalue weighted by Gasteiger charge is 2.35. The van der Waals surface area contributed by atoms with Gasteiger partial charge < -0.3 is 5.32 Å². The highest BCUT2D eigenvalue weighted by molar-refractivity contribution is 5.18. The van der Waals surface area contributed by atoms with Gasteiger partial charge in [0.1, 0.15) is 11.6 Å². The van der Waals surface area contributed by atoms with E-state index in [-0.39, 0.29) is 0 Å². The molecule has 2 heterocycles. The maximum atomic E-state index is 13.8. The summed E-state index contributed by atoms with van der Waals surface area (Å²) in [5.41, 5.74) is 0.596. The summed E-state index contributed by atoms with van der Waals surface area (Å²) in [6.45, 7) is 3.60. The zero-order chi connectivity index (χ0) is 14.1. The molecule has 0 spiro atoms. The van der Waals surface area contributed by atoms with Gasteiger partial charge in [-0.15, -0.1) is 0 Å². The molecular weight excluding hydrogens is 258 g/mol. The standard InChI is InChI=1S/C16H22F2N2/c1-2-20(10-11-3-4-12(17)7-16(11)18)15-8-13-5-6-14(9-15)19-13/h3-4,7,13-15,19H,2,5-6,8-10H2,1H3. The maximum absolute atomic E-state index is 13.8. The van der Waals surface area contributed by atoms with Gasteiger partial charge in [0.2, 0.25) is 0 Å². The number of benzene rings is 1. The maximum Gasteiger partial charge on any atom is 0.130 e. The molecule has 0 amide bonds. The summed E-state index contributed by atoms with van der Waals surface area (Å²) in [6, 6.07) is 5.68. The second kappa shape index (κ2) is 5.78. The SMILES string of the molecule is CCN(Cc1ccc(F)cc1F)C1CC2CCC(C1)N2. The molecule has 2 aliphatic rings. The van der Waals surface area contributed by atoms with E-state index in [2.05, 4.69) is 17.1 Å². The van der Waals surface area contributed by atoms with Crippen molar-refractivity contribution in [2.24, 2.45) is 0 Å². The lowest BCUT2D eigenvalue weighted by atomic mass is 9.97. The van der Waals surface area contributed by atoms with Crippen LogP contribution in [0.4, 0.5) is 8.78 Å². The van der Waals surface area contributed by atoms with E-state index in [1.54, 1.807) is 6.07 Å². The number of halogens is 2. The van der Waals surface area contributed by atoms with Crippen molar-refractivity contribution in [2.45, 2.75) is 57.3 Å². The van der Waals surface area contributed by atoms with Gasteiger partial charge in [-0.1, -0.05) is 13.0 Å². The van der Waals surface area contributed by atoms with Crippen LogP contribution in [0.3, 0.4) is 0 Å². The zero-order valence-corrected chi connectivity index (χ0v) is 11.9. The summed E-state index contributed by atoms with van der Waals surface area (Å²) in [7, 11) is 0. The molecule has 1 N–H and O–H groups in total. The molecule has 1 aromatic carbocycles. The Morgan fingerprint density at radius 3 is 2.50 bits per heavy atom. The lowest BCUT2D eigenvalue weighted by Crippen LogP contribution is -2.48. The Balaban J connectivity index is 1.70. The first-order chi connectivity index (χ1) is 9.65. The second-order valence-electron chi connectivity index (χ2n) is 6.06. The number of nitrogens with zero attached hydrogens (tertiary/aromatic N) is 1. The number of rotatable bonds is 4. The number of piperidine rings is 1. The molecule has 2 aliphatic heterocycles. The largest absolute Gasteiger partial charge is 0.311 e. The molecule has 110 valence electrons. The highest BCUT2D eigenvalue weighted by atomic mass is 19.1. The Kier molecular flexibility index (Phi) is 4.03. The highest BCUT2D eigenvalue weighted by Crippen LogP contribution is 2.30. The van der Waals surface area contributed by atoms with Gasteiger partial charge in [-0.25, -0.2) is 8.78 Å². The molecule has 1 aromatic rings. The molecule has 2 atom stereocenters. The van der Waals surface area contributed by atoms with Gasteiger partial charge >= 0.3 is 0 Å². The molecule has 3 rings (SSSR count). The van der Waals surface area contributed by atoms with Crippen LogP contribution in [0.25, 0.3) is 0 Å². The first-order valence-electron chi connectivity index (χ1n) is 7.59. The predicted octanol–water partition coefficient (Wildman–Crippen LogP) is 3.07. The molecule has 2 nitrogen and oxygen atoms in total. The smallest absolute Gasteiger partial charge is 0.130 e. The average Bonchev–Trinajstić information content (AvgIpc) is 2.77. The van der Waals surface area contributed by atoms with Gasteiger partial charge in [0, 0.05) is 36.3 Å². The summed E-state index contributed by atoms with van der Waals surface area (Å²) in [5, 5.41) is 3.63. The summed E-state index contributed by atoms with van der Waals surface area (Å²) >= 11 is 0. The van der Waals surface area contributed by atoms with Crippen molar-refractivity contribution in [1.82, 2.24) is 10.2 Å². The third-order valence-electron chi connectivity index (χ3n) is 4.76. The van der Waals surface area contributed by atoms with Crippen molar-refractivity contribution in [3.63, 3.8) is 0 Å². The molecule has 0 aromatic heterocycles. The van der Waals surface area contributed by atoms with Crippen molar-refractivity contribution in [3.05, 3.63) is 35.4 Å². The van der Waals surface area contributed by atoms with Crippen molar-refractivity contribution < 1.29 is 8.78 Å². The molecule has 20 heavy (non-hydrogen) atoms. The van der Waals surface area contributed by atoms with Crippen LogP contribution in [-0.4, -0.2) is 29.6 Å². The van der Waals surface area contributed by atoms with Crippen LogP contribution in [0.1, 0.15) is 38.2 Å². The van der Waals surface area contributed by atoms with Crippen LogP contribution in [-0.2, 0) is 6.54 Å². The molecule has 0 radical (unpaired) electrons. The molecule has 0 aliphatic carbocycles. The van der Waals surface area contributed by atoms with Gasteiger partial charge in [0.05, 0.1) is 0 Å². The predicted molar refractivity (Wildman–Crippen MR) is 75.4 cm³/mol. The second-order valence-corrected chi connectivity index (χ2v) is 6.06. The van der Waals surface area contributed by atoms with Crippen LogP contribution >= 0.6 is 0 Å². The molecule has 2 bridgehead atoms. The first kappa shape index (κ1) is 14.0. The normalized spacial score (nSPS) is 29.1. The summed E-state index contributed by atoms with van der Waals surface area (Å²) < 4.78 is 26.8. The fourth-order valence-electron chi connectivity index (χ4n) is 3.69. The average molecular weight is 280 g/mol. The minimum absolute atomic E-state index is 0.430. The zero-order valence-electron chi connectivity index (χ0n) is 11.9. The van der Waals surface area contributed by atoms with Crippen molar-refractivity contribution in [3.8, 4) is 0 Å². The minimum atomic E-state index is -0.505. The minimum Gasteiger partial charge on any atom is -0.311 e. The van der Waals surface area contributed by atoms with Crippen LogP contribution in [0.15, 0.2) is 18.2 Å². The van der Waals surface area contributed by atoms with Gasteiger partial charge in [0.15, 0.2) is 0 Å². The Bertz CT molecular complexity index is 466. The van der Waals surface area contributed by atoms with Gasteiger partial charge in [-0.05, 0) is 38.3 Å². The van der Waals surface area contributed by atoms with Gasteiger partial charge in [-0.3, -0.25) is 4.90 Å². The Labute approximate surface area is 119 Å². The molecule has 2 saturated heterocycles. The van der Waals surface area contributed by atoms with Gasteiger partial charge in [-0.2, -0.15) is 0 Å². The quantitative estimate of drug-likeness (QED) is 0.912. The number of nitrogens with one attached hydrogen (secondary N) is 1. The van der Waals surface area contributed by atoms with Crippen LogP contribution in [0.5, 0.6) is 0 Å². The summed E-state index contributed by atoms with van der Waals surface area (Å²) in [6.07, 6.45) is 4.83. The monoisotopic (exact) mass is 280 g/mol. The van der Waals surface area contributed by atoms with E-state index in [1.807, 2.05) is 0 Å². The summed E-state index contributed by atoms with van der Waals surface area (Å²) in [4.78, 5) is 2.34. The van der Waals surface area contributed by atoms with E-state index in [4.69, 9.17) is 0 Å². The lowest BCUT2D eigenvalue weighted by Gasteiger charge is -2.37. The first-order valence-corrected chi connectivity index (χ1v) is 7.59. The van der Waals surface area contributed by atoms with E-state index in [0.29, 0.717) is 30.2 Å². The third kappa shape index (κ3) is 2.86. The van der Waals surface area contributed by atoms with Crippen LogP contribution < -0.4 is 5.32 Å². The lowest BCUT2D eigenvalue weighted by molar-refractivity contribution is 0.139. The molecular formula is C16H22F2N2. The third-order valence-corrected chi connectivity index (χ3v) is 4.76. The van der Waals surface area contributed by atoms with E-state index < -0.39 is 11.6 Å².